The van der Waals surface area contributed by atoms with Crippen LogP contribution in [0.5, 0.6) is 0 Å². The maximum Gasteiger partial charge on any atom is 0.270 e. The highest BCUT2D eigenvalue weighted by Crippen LogP contribution is 2.41. The van der Waals surface area contributed by atoms with Crippen LogP contribution >= 0.6 is 11.8 Å². The van der Waals surface area contributed by atoms with Crippen molar-refractivity contribution < 1.29 is 13.3 Å². The molecule has 0 atom stereocenters. The molecule has 1 aliphatic carbocycles. The molecule has 2 aliphatic rings. The van der Waals surface area contributed by atoms with Crippen molar-refractivity contribution in [2.75, 3.05) is 13.1 Å². The Balaban J connectivity index is 1.76. The number of hydrogen-bond acceptors (Lipinski definition) is 6. The normalized spacial score (nSPS) is 18.3. The van der Waals surface area contributed by atoms with Gasteiger partial charge >= 0.3 is 0 Å². The van der Waals surface area contributed by atoms with Crippen LogP contribution in [0.25, 0.3) is 0 Å². The molecule has 1 aliphatic heterocycles. The zero-order valence-corrected chi connectivity index (χ0v) is 15.6. The molecule has 1 aromatic carbocycles. The second-order valence-corrected chi connectivity index (χ2v) is 9.37. The van der Waals surface area contributed by atoms with Gasteiger partial charge in [0.15, 0.2) is 5.16 Å². The lowest BCUT2D eigenvalue weighted by molar-refractivity contribution is -0.385. The summed E-state index contributed by atoms with van der Waals surface area (Å²) in [5, 5.41) is 11.9. The van der Waals surface area contributed by atoms with Crippen LogP contribution in [0.15, 0.2) is 45.5 Å². The number of hydrogen-bond donors (Lipinski definition) is 0. The summed E-state index contributed by atoms with van der Waals surface area (Å²) in [7, 11) is -3.78. The molecular formula is C16H18N4O4S2. The van der Waals surface area contributed by atoms with Gasteiger partial charge in [-0.25, -0.2) is 13.4 Å². The minimum absolute atomic E-state index is 0.0102. The Kier molecular flexibility index (Phi) is 4.49. The van der Waals surface area contributed by atoms with Crippen LogP contribution in [0.1, 0.15) is 31.7 Å². The Hall–Kier alpha value is -1.91. The average molecular weight is 394 g/mol. The lowest BCUT2D eigenvalue weighted by Crippen LogP contribution is -2.28. The highest BCUT2D eigenvalue weighted by Gasteiger charge is 2.32. The van der Waals surface area contributed by atoms with Crippen molar-refractivity contribution in [1.29, 1.82) is 0 Å². The van der Waals surface area contributed by atoms with Gasteiger partial charge in [-0.15, -0.1) is 0 Å². The second kappa shape index (κ2) is 6.67. The first-order chi connectivity index (χ1) is 12.5. The van der Waals surface area contributed by atoms with Gasteiger partial charge in [0.25, 0.3) is 5.69 Å². The van der Waals surface area contributed by atoms with Gasteiger partial charge < -0.3 is 4.57 Å². The van der Waals surface area contributed by atoms with E-state index in [4.69, 9.17) is 0 Å². The number of imidazole rings is 1. The van der Waals surface area contributed by atoms with Gasteiger partial charge in [0.1, 0.15) is 4.90 Å². The standard InChI is InChI=1S/C16H18N4O4S2/c21-20(22)13-5-6-14(25-16-17-7-10-19(16)12-3-4-12)15(11-13)26(23,24)18-8-1-2-9-18/h5-7,10-12H,1-4,8-9H2. The fourth-order valence-electron chi connectivity index (χ4n) is 3.07. The van der Waals surface area contributed by atoms with E-state index in [-0.39, 0.29) is 10.6 Å². The molecule has 1 aromatic heterocycles. The predicted octanol–water partition coefficient (Wildman–Crippen LogP) is 3.06. The molecule has 0 spiro atoms. The van der Waals surface area contributed by atoms with E-state index in [1.807, 2.05) is 10.8 Å². The number of nitro groups is 1. The number of aromatic nitrogens is 2. The van der Waals surface area contributed by atoms with Crippen molar-refractivity contribution >= 4 is 27.5 Å². The van der Waals surface area contributed by atoms with Gasteiger partial charge in [-0.2, -0.15) is 4.31 Å². The Morgan fingerprint density at radius 3 is 2.62 bits per heavy atom. The van der Waals surface area contributed by atoms with E-state index in [0.717, 1.165) is 25.7 Å². The average Bonchev–Trinajstić information content (AvgIpc) is 3.11. The van der Waals surface area contributed by atoms with E-state index in [1.54, 1.807) is 6.20 Å². The zero-order chi connectivity index (χ0) is 18.3. The summed E-state index contributed by atoms with van der Waals surface area (Å²) in [6.07, 6.45) is 7.37. The zero-order valence-electron chi connectivity index (χ0n) is 13.9. The molecule has 2 heterocycles. The molecule has 0 radical (unpaired) electrons. The molecule has 2 aromatic rings. The summed E-state index contributed by atoms with van der Waals surface area (Å²) < 4.78 is 29.6. The highest BCUT2D eigenvalue weighted by molar-refractivity contribution is 8.00. The lowest BCUT2D eigenvalue weighted by Gasteiger charge is -2.18. The first-order valence-electron chi connectivity index (χ1n) is 8.46. The van der Waals surface area contributed by atoms with Crippen molar-refractivity contribution in [3.63, 3.8) is 0 Å². The summed E-state index contributed by atoms with van der Waals surface area (Å²) in [5.74, 6) is 0. The maximum atomic E-state index is 13.1. The summed E-state index contributed by atoms with van der Waals surface area (Å²) in [5.41, 5.74) is -0.224. The van der Waals surface area contributed by atoms with E-state index in [1.165, 1.54) is 34.3 Å². The van der Waals surface area contributed by atoms with E-state index in [2.05, 4.69) is 4.98 Å². The van der Waals surface area contributed by atoms with Crippen LogP contribution in [0.4, 0.5) is 5.69 Å². The molecule has 4 rings (SSSR count). The number of benzene rings is 1. The van der Waals surface area contributed by atoms with E-state index in [0.29, 0.717) is 29.2 Å². The minimum Gasteiger partial charge on any atom is -0.323 e. The molecule has 0 bridgehead atoms. The van der Waals surface area contributed by atoms with Crippen molar-refractivity contribution in [3.05, 3.63) is 40.7 Å². The van der Waals surface area contributed by atoms with Gasteiger partial charge in [0.2, 0.25) is 10.0 Å². The van der Waals surface area contributed by atoms with E-state index < -0.39 is 14.9 Å². The smallest absolute Gasteiger partial charge is 0.270 e. The van der Waals surface area contributed by atoms with Crippen molar-refractivity contribution in [3.8, 4) is 0 Å². The number of sulfonamides is 1. The summed E-state index contributed by atoms with van der Waals surface area (Å²) in [4.78, 5) is 15.4. The number of nitrogens with zero attached hydrogens (tertiary/aromatic N) is 4. The van der Waals surface area contributed by atoms with Crippen molar-refractivity contribution in [1.82, 2.24) is 13.9 Å². The van der Waals surface area contributed by atoms with Gasteiger partial charge in [0, 0.05) is 48.6 Å². The molecule has 1 saturated carbocycles. The van der Waals surface area contributed by atoms with Crippen molar-refractivity contribution in [2.24, 2.45) is 0 Å². The highest BCUT2D eigenvalue weighted by atomic mass is 32.2. The first-order valence-corrected chi connectivity index (χ1v) is 10.7. The van der Waals surface area contributed by atoms with Crippen LogP contribution in [0.2, 0.25) is 0 Å². The molecule has 0 N–H and O–H groups in total. The van der Waals surface area contributed by atoms with E-state index in [9.17, 15) is 18.5 Å². The van der Waals surface area contributed by atoms with Gasteiger partial charge in [-0.05, 0) is 31.7 Å². The largest absolute Gasteiger partial charge is 0.323 e. The quantitative estimate of drug-likeness (QED) is 0.552. The number of non-ortho nitro benzene ring substituents is 1. The molecule has 0 unspecified atom stereocenters. The van der Waals surface area contributed by atoms with E-state index >= 15 is 0 Å². The summed E-state index contributed by atoms with van der Waals surface area (Å²) >= 11 is 1.25. The van der Waals surface area contributed by atoms with Crippen LogP contribution in [0.3, 0.4) is 0 Å². The third-order valence-corrected chi connectivity index (χ3v) is 7.74. The van der Waals surface area contributed by atoms with Gasteiger partial charge in [0.05, 0.1) is 4.92 Å². The fraction of sp³-hybridized carbons (Fsp3) is 0.438. The summed E-state index contributed by atoms with van der Waals surface area (Å²) in [6, 6.07) is 4.44. The van der Waals surface area contributed by atoms with Crippen LogP contribution in [-0.2, 0) is 10.0 Å². The molecule has 138 valence electrons. The van der Waals surface area contributed by atoms with Crippen LogP contribution < -0.4 is 0 Å². The van der Waals surface area contributed by atoms with Crippen LogP contribution in [-0.4, -0.2) is 40.3 Å². The molecule has 8 nitrogen and oxygen atoms in total. The number of nitro benzene ring substituents is 1. The molecular weight excluding hydrogens is 376 g/mol. The Morgan fingerprint density at radius 1 is 1.23 bits per heavy atom. The third kappa shape index (κ3) is 3.24. The van der Waals surface area contributed by atoms with Gasteiger partial charge in [-0.3, -0.25) is 10.1 Å². The minimum atomic E-state index is -3.78. The Bertz CT molecular complexity index is 947. The van der Waals surface area contributed by atoms with Crippen molar-refractivity contribution in [2.45, 2.75) is 46.7 Å². The summed E-state index contributed by atoms with van der Waals surface area (Å²) in [6.45, 7) is 0.900. The van der Waals surface area contributed by atoms with Gasteiger partial charge in [-0.1, -0.05) is 11.8 Å². The molecule has 1 saturated heterocycles. The first kappa shape index (κ1) is 17.5. The second-order valence-electron chi connectivity index (χ2n) is 6.45. The monoisotopic (exact) mass is 394 g/mol. The predicted molar refractivity (Wildman–Crippen MR) is 95.7 cm³/mol. The topological polar surface area (TPSA) is 98.3 Å². The lowest BCUT2D eigenvalue weighted by atomic mass is 10.3. The van der Waals surface area contributed by atoms with Crippen LogP contribution in [0, 0.1) is 10.1 Å². The molecule has 2 fully saturated rings. The molecule has 10 heteroatoms. The SMILES string of the molecule is O=[N+]([O-])c1ccc(Sc2nccn2C2CC2)c(S(=O)(=O)N2CCCC2)c1. The molecule has 26 heavy (non-hydrogen) atoms. The fourth-order valence-corrected chi connectivity index (χ4v) is 6.04. The number of rotatable bonds is 6. The maximum absolute atomic E-state index is 13.1. The molecule has 0 amide bonds. The third-order valence-electron chi connectivity index (χ3n) is 4.60. The Labute approximate surface area is 155 Å². The Morgan fingerprint density at radius 2 is 1.96 bits per heavy atom.